The summed E-state index contributed by atoms with van der Waals surface area (Å²) >= 11 is 2.20. The second kappa shape index (κ2) is 8.57. The molecule has 0 aliphatic carbocycles. The van der Waals surface area contributed by atoms with Crippen LogP contribution in [0.3, 0.4) is 0 Å². The molecular formula is C19H18IN5O3. The number of carbonyl (C=O) groups is 1. The number of ether oxygens (including phenoxy) is 1. The number of carbonyl (C=O) groups excluding carboxylic acids is 1. The second-order valence-corrected chi connectivity index (χ2v) is 7.28. The number of halogens is 1. The average Bonchev–Trinajstić information content (AvgIpc) is 3.20. The minimum Gasteiger partial charge on any atom is -0.399 e. The number of morpholine rings is 1. The number of anilines is 4. The number of rotatable bonds is 5. The molecule has 1 aliphatic rings. The van der Waals surface area contributed by atoms with Crippen molar-refractivity contribution in [2.75, 3.05) is 41.8 Å². The minimum absolute atomic E-state index is 0.106. The normalized spacial score (nSPS) is 14.0. The van der Waals surface area contributed by atoms with Crippen molar-refractivity contribution in [2.24, 2.45) is 0 Å². The zero-order valence-electron chi connectivity index (χ0n) is 14.9. The van der Waals surface area contributed by atoms with Crippen LogP contribution in [-0.4, -0.2) is 42.4 Å². The molecule has 144 valence electrons. The Bertz CT molecular complexity index is 954. The summed E-state index contributed by atoms with van der Waals surface area (Å²) < 4.78 is 11.8. The number of nitrogens with zero attached hydrogens (tertiary/aromatic N) is 3. The molecular weight excluding hydrogens is 473 g/mol. The first-order valence-electron chi connectivity index (χ1n) is 8.78. The highest BCUT2D eigenvalue weighted by Crippen LogP contribution is 2.22. The average molecular weight is 491 g/mol. The SMILES string of the molecule is O=C(Nc1ccc(N2CCOCC2)cc1)c1nnc(Nc2ccccc2I)o1. The van der Waals surface area contributed by atoms with Crippen molar-refractivity contribution < 1.29 is 13.9 Å². The highest BCUT2D eigenvalue weighted by molar-refractivity contribution is 14.1. The predicted molar refractivity (Wildman–Crippen MR) is 114 cm³/mol. The van der Waals surface area contributed by atoms with Crippen molar-refractivity contribution in [3.05, 3.63) is 58.0 Å². The minimum atomic E-state index is -0.456. The summed E-state index contributed by atoms with van der Waals surface area (Å²) in [6, 6.07) is 15.5. The Morgan fingerprint density at radius 2 is 1.79 bits per heavy atom. The molecule has 4 rings (SSSR count). The van der Waals surface area contributed by atoms with Gasteiger partial charge in [0.15, 0.2) is 0 Å². The summed E-state index contributed by atoms with van der Waals surface area (Å²) in [5.41, 5.74) is 2.59. The summed E-state index contributed by atoms with van der Waals surface area (Å²) in [6.07, 6.45) is 0. The van der Waals surface area contributed by atoms with Gasteiger partial charge < -0.3 is 24.7 Å². The van der Waals surface area contributed by atoms with Crippen LogP contribution >= 0.6 is 22.6 Å². The van der Waals surface area contributed by atoms with E-state index < -0.39 is 5.91 Å². The lowest BCUT2D eigenvalue weighted by molar-refractivity contribution is 0.0991. The van der Waals surface area contributed by atoms with Crippen LogP contribution in [0.15, 0.2) is 52.9 Å². The van der Waals surface area contributed by atoms with E-state index in [2.05, 4.69) is 48.3 Å². The number of aromatic nitrogens is 2. The Labute approximate surface area is 175 Å². The molecule has 1 aromatic heterocycles. The maximum atomic E-state index is 12.4. The van der Waals surface area contributed by atoms with E-state index in [4.69, 9.17) is 9.15 Å². The third-order valence-corrected chi connectivity index (χ3v) is 5.18. The first kappa shape index (κ1) is 18.7. The number of benzene rings is 2. The molecule has 28 heavy (non-hydrogen) atoms. The third-order valence-electron chi connectivity index (χ3n) is 4.24. The molecule has 1 fully saturated rings. The van der Waals surface area contributed by atoms with Crippen LogP contribution in [-0.2, 0) is 4.74 Å². The molecule has 8 nitrogen and oxygen atoms in total. The highest BCUT2D eigenvalue weighted by Gasteiger charge is 2.16. The largest absolute Gasteiger partial charge is 0.399 e. The molecule has 1 aliphatic heterocycles. The summed E-state index contributed by atoms with van der Waals surface area (Å²) in [6.45, 7) is 3.19. The van der Waals surface area contributed by atoms with Crippen molar-refractivity contribution in [2.45, 2.75) is 0 Å². The molecule has 1 amide bonds. The van der Waals surface area contributed by atoms with Crippen LogP contribution in [0.5, 0.6) is 0 Å². The standard InChI is InChI=1S/C19H18IN5O3/c20-15-3-1-2-4-16(15)22-19-24-23-18(28-19)17(26)21-13-5-7-14(8-6-13)25-9-11-27-12-10-25/h1-8H,9-12H2,(H,21,26)(H,22,24). The van der Waals surface area contributed by atoms with Gasteiger partial charge in [-0.2, -0.15) is 0 Å². The Morgan fingerprint density at radius 1 is 1.04 bits per heavy atom. The van der Waals surface area contributed by atoms with Crippen molar-refractivity contribution >= 4 is 51.6 Å². The van der Waals surface area contributed by atoms with Gasteiger partial charge in [-0.25, -0.2) is 0 Å². The Balaban J connectivity index is 1.38. The van der Waals surface area contributed by atoms with Gasteiger partial charge >= 0.3 is 17.8 Å². The monoisotopic (exact) mass is 491 g/mol. The third kappa shape index (κ3) is 4.42. The molecule has 0 radical (unpaired) electrons. The maximum Gasteiger partial charge on any atom is 0.320 e. The topological polar surface area (TPSA) is 92.5 Å². The first-order valence-corrected chi connectivity index (χ1v) is 9.86. The van der Waals surface area contributed by atoms with Crippen LogP contribution in [0.1, 0.15) is 10.7 Å². The molecule has 0 unspecified atom stereocenters. The lowest BCUT2D eigenvalue weighted by Crippen LogP contribution is -2.36. The summed E-state index contributed by atoms with van der Waals surface area (Å²) in [4.78, 5) is 14.6. The van der Waals surface area contributed by atoms with Gasteiger partial charge in [0, 0.05) is 28.0 Å². The van der Waals surface area contributed by atoms with E-state index in [9.17, 15) is 4.79 Å². The van der Waals surface area contributed by atoms with Gasteiger partial charge in [-0.1, -0.05) is 17.2 Å². The maximum absolute atomic E-state index is 12.4. The van der Waals surface area contributed by atoms with Gasteiger partial charge in [-0.3, -0.25) is 4.79 Å². The van der Waals surface area contributed by atoms with E-state index in [1.165, 1.54) is 0 Å². The molecule has 0 bridgehead atoms. The Kier molecular flexibility index (Phi) is 5.72. The lowest BCUT2D eigenvalue weighted by atomic mass is 10.2. The van der Waals surface area contributed by atoms with Crippen LogP contribution in [0.2, 0.25) is 0 Å². The molecule has 2 aromatic carbocycles. The van der Waals surface area contributed by atoms with Crippen LogP contribution in [0.25, 0.3) is 0 Å². The van der Waals surface area contributed by atoms with E-state index in [1.807, 2.05) is 48.5 Å². The predicted octanol–water partition coefficient (Wildman–Crippen LogP) is 3.51. The molecule has 2 N–H and O–H groups in total. The molecule has 0 atom stereocenters. The highest BCUT2D eigenvalue weighted by atomic mass is 127. The summed E-state index contributed by atoms with van der Waals surface area (Å²) in [7, 11) is 0. The van der Waals surface area contributed by atoms with Gasteiger partial charge in [0.05, 0.1) is 18.9 Å². The molecule has 0 spiro atoms. The molecule has 2 heterocycles. The number of nitrogens with one attached hydrogen (secondary N) is 2. The van der Waals surface area contributed by atoms with E-state index in [0.717, 1.165) is 41.2 Å². The quantitative estimate of drug-likeness (QED) is 0.528. The second-order valence-electron chi connectivity index (χ2n) is 6.12. The zero-order valence-corrected chi connectivity index (χ0v) is 17.0. The first-order chi connectivity index (χ1) is 13.7. The molecule has 1 saturated heterocycles. The van der Waals surface area contributed by atoms with Crippen molar-refractivity contribution in [1.29, 1.82) is 0 Å². The van der Waals surface area contributed by atoms with Crippen molar-refractivity contribution in [3.8, 4) is 0 Å². The van der Waals surface area contributed by atoms with Gasteiger partial charge in [0.2, 0.25) is 0 Å². The number of hydrogen-bond acceptors (Lipinski definition) is 7. The lowest BCUT2D eigenvalue weighted by Gasteiger charge is -2.28. The zero-order chi connectivity index (χ0) is 19.3. The smallest absolute Gasteiger partial charge is 0.320 e. The fourth-order valence-electron chi connectivity index (χ4n) is 2.80. The van der Waals surface area contributed by atoms with E-state index in [0.29, 0.717) is 5.69 Å². The van der Waals surface area contributed by atoms with E-state index in [1.54, 1.807) is 0 Å². The molecule has 9 heteroatoms. The van der Waals surface area contributed by atoms with Gasteiger partial charge in [-0.15, -0.1) is 5.10 Å². The van der Waals surface area contributed by atoms with Gasteiger partial charge in [0.25, 0.3) is 0 Å². The fourth-order valence-corrected chi connectivity index (χ4v) is 3.33. The number of amides is 1. The summed E-state index contributed by atoms with van der Waals surface area (Å²) in [5.74, 6) is -0.562. The number of para-hydroxylation sites is 1. The molecule has 3 aromatic rings. The van der Waals surface area contributed by atoms with Crippen molar-refractivity contribution in [3.63, 3.8) is 0 Å². The number of hydrogen-bond donors (Lipinski definition) is 2. The Hall–Kier alpha value is -2.66. The fraction of sp³-hybridized carbons (Fsp3) is 0.211. The van der Waals surface area contributed by atoms with Crippen LogP contribution in [0.4, 0.5) is 23.1 Å². The van der Waals surface area contributed by atoms with Gasteiger partial charge in [0.1, 0.15) is 0 Å². The Morgan fingerprint density at radius 3 is 2.54 bits per heavy atom. The van der Waals surface area contributed by atoms with Crippen LogP contribution in [0, 0.1) is 3.57 Å². The van der Waals surface area contributed by atoms with E-state index in [-0.39, 0.29) is 11.9 Å². The summed E-state index contributed by atoms with van der Waals surface area (Å²) in [5, 5.41) is 13.5. The van der Waals surface area contributed by atoms with Crippen LogP contribution < -0.4 is 15.5 Å². The van der Waals surface area contributed by atoms with Gasteiger partial charge in [-0.05, 0) is 59.0 Å². The van der Waals surface area contributed by atoms with E-state index >= 15 is 0 Å². The molecule has 0 saturated carbocycles. The van der Waals surface area contributed by atoms with Crippen molar-refractivity contribution in [1.82, 2.24) is 10.2 Å².